The summed E-state index contributed by atoms with van der Waals surface area (Å²) in [6.07, 6.45) is -0.473. The molecule has 0 bridgehead atoms. The maximum atomic E-state index is 9.07. The van der Waals surface area contributed by atoms with E-state index in [4.69, 9.17) is 14.9 Å². The molecule has 9 heavy (non-hydrogen) atoms. The molecule has 0 aromatic carbocycles. The molecule has 1 heterocycles. The first-order valence-corrected chi connectivity index (χ1v) is 3.18. The third-order valence-electron chi connectivity index (χ3n) is 1.37. The van der Waals surface area contributed by atoms with Gasteiger partial charge < -0.3 is 14.9 Å². The molecule has 1 aliphatic rings. The van der Waals surface area contributed by atoms with Crippen molar-refractivity contribution in [1.82, 2.24) is 0 Å². The zero-order valence-corrected chi connectivity index (χ0v) is 5.45. The Hall–Kier alpha value is -0.120. The van der Waals surface area contributed by atoms with Crippen molar-refractivity contribution in [3.63, 3.8) is 0 Å². The van der Waals surface area contributed by atoms with Crippen molar-refractivity contribution in [2.75, 3.05) is 6.61 Å². The Morgan fingerprint density at radius 3 is 2.56 bits per heavy atom. The lowest BCUT2D eigenvalue weighted by molar-refractivity contribution is 0.0705. The van der Waals surface area contributed by atoms with Gasteiger partial charge in [0.2, 0.25) is 0 Å². The fraction of sp³-hybridized carbons (Fsp3) is 1.00. The first-order valence-electron chi connectivity index (χ1n) is 3.18. The van der Waals surface area contributed by atoms with E-state index < -0.39 is 12.2 Å². The van der Waals surface area contributed by atoms with Crippen LogP contribution < -0.4 is 0 Å². The van der Waals surface area contributed by atoms with Gasteiger partial charge in [0.25, 0.3) is 0 Å². The molecule has 54 valence electrons. The van der Waals surface area contributed by atoms with Crippen LogP contribution >= 0.6 is 0 Å². The molecule has 0 saturated carbocycles. The van der Waals surface area contributed by atoms with Crippen molar-refractivity contribution in [2.24, 2.45) is 0 Å². The number of aliphatic hydroxyl groups is 2. The van der Waals surface area contributed by atoms with E-state index in [1.165, 1.54) is 0 Å². The SMILES string of the molecule is CC(O)CC(O)C1CO1. The molecular formula is C6H12O3. The topological polar surface area (TPSA) is 53.0 Å². The number of ether oxygens (including phenoxy) is 1. The molecule has 0 amide bonds. The molecule has 3 atom stereocenters. The smallest absolute Gasteiger partial charge is 0.107 e. The molecule has 0 aromatic rings. The predicted molar refractivity (Wildman–Crippen MR) is 32.0 cm³/mol. The molecule has 1 rings (SSSR count). The van der Waals surface area contributed by atoms with Gasteiger partial charge in [-0.1, -0.05) is 0 Å². The summed E-state index contributed by atoms with van der Waals surface area (Å²) in [4.78, 5) is 0. The van der Waals surface area contributed by atoms with E-state index in [-0.39, 0.29) is 6.10 Å². The summed E-state index contributed by atoms with van der Waals surface area (Å²) in [7, 11) is 0. The van der Waals surface area contributed by atoms with E-state index in [0.29, 0.717) is 13.0 Å². The molecule has 1 aliphatic heterocycles. The third-order valence-corrected chi connectivity index (χ3v) is 1.37. The van der Waals surface area contributed by atoms with Crippen LogP contribution in [0.5, 0.6) is 0 Å². The fourth-order valence-electron chi connectivity index (χ4n) is 0.779. The van der Waals surface area contributed by atoms with Gasteiger partial charge in [-0.25, -0.2) is 0 Å². The molecular weight excluding hydrogens is 120 g/mol. The molecule has 0 aliphatic carbocycles. The van der Waals surface area contributed by atoms with Crippen molar-refractivity contribution in [3.8, 4) is 0 Å². The first-order chi connectivity index (χ1) is 4.20. The second-order valence-electron chi connectivity index (χ2n) is 2.52. The van der Waals surface area contributed by atoms with Crippen LogP contribution in [0.3, 0.4) is 0 Å². The van der Waals surface area contributed by atoms with E-state index in [0.717, 1.165) is 0 Å². The maximum absolute atomic E-state index is 9.07. The first kappa shape index (κ1) is 6.99. The molecule has 3 heteroatoms. The molecule has 0 spiro atoms. The standard InChI is InChI=1S/C6H12O3/c1-4(7)2-5(8)6-3-9-6/h4-8H,2-3H2,1H3. The van der Waals surface area contributed by atoms with Gasteiger partial charge in [-0.2, -0.15) is 0 Å². The maximum Gasteiger partial charge on any atom is 0.107 e. The summed E-state index contributed by atoms with van der Waals surface area (Å²) in [5.41, 5.74) is 0. The van der Waals surface area contributed by atoms with Crippen LogP contribution in [-0.2, 0) is 4.74 Å². The van der Waals surface area contributed by atoms with E-state index in [1.54, 1.807) is 6.92 Å². The highest BCUT2D eigenvalue weighted by Gasteiger charge is 2.31. The lowest BCUT2D eigenvalue weighted by Crippen LogP contribution is -2.20. The number of aliphatic hydroxyl groups excluding tert-OH is 2. The molecule has 2 N–H and O–H groups in total. The molecule has 1 fully saturated rings. The van der Waals surface area contributed by atoms with Crippen molar-refractivity contribution in [1.29, 1.82) is 0 Å². The van der Waals surface area contributed by atoms with Crippen molar-refractivity contribution >= 4 is 0 Å². The minimum atomic E-state index is -0.468. The Labute approximate surface area is 54.3 Å². The Balaban J connectivity index is 2.10. The van der Waals surface area contributed by atoms with Gasteiger partial charge in [-0.05, 0) is 6.92 Å². The van der Waals surface area contributed by atoms with Crippen LogP contribution in [0.2, 0.25) is 0 Å². The van der Waals surface area contributed by atoms with Crippen molar-refractivity contribution in [3.05, 3.63) is 0 Å². The summed E-state index contributed by atoms with van der Waals surface area (Å²) in [6.45, 7) is 2.31. The van der Waals surface area contributed by atoms with Crippen LogP contribution in [0.4, 0.5) is 0 Å². The quantitative estimate of drug-likeness (QED) is 0.510. The van der Waals surface area contributed by atoms with Crippen LogP contribution in [0.1, 0.15) is 13.3 Å². The van der Waals surface area contributed by atoms with Gasteiger partial charge in [0.15, 0.2) is 0 Å². The minimum Gasteiger partial charge on any atom is -0.393 e. The highest BCUT2D eigenvalue weighted by molar-refractivity contribution is 4.79. The van der Waals surface area contributed by atoms with Gasteiger partial charge in [0, 0.05) is 6.42 Å². The second-order valence-corrected chi connectivity index (χ2v) is 2.52. The second kappa shape index (κ2) is 2.64. The summed E-state index contributed by atoms with van der Waals surface area (Å²) in [5, 5.41) is 17.9. The third kappa shape index (κ3) is 2.30. The Bertz CT molecular complexity index is 88.3. The molecule has 3 nitrogen and oxygen atoms in total. The predicted octanol–water partition coefficient (Wildman–Crippen LogP) is -0.483. The van der Waals surface area contributed by atoms with E-state index >= 15 is 0 Å². The number of epoxide rings is 1. The summed E-state index contributed by atoms with van der Waals surface area (Å²) >= 11 is 0. The minimum absolute atomic E-state index is 0.000370. The summed E-state index contributed by atoms with van der Waals surface area (Å²) in [5.74, 6) is 0. The zero-order valence-electron chi connectivity index (χ0n) is 5.45. The lowest BCUT2D eigenvalue weighted by Gasteiger charge is -2.07. The van der Waals surface area contributed by atoms with Gasteiger partial charge >= 0.3 is 0 Å². The molecule has 3 unspecified atom stereocenters. The van der Waals surface area contributed by atoms with Crippen LogP contribution in [0, 0.1) is 0 Å². The normalized spacial score (nSPS) is 31.7. The highest BCUT2D eigenvalue weighted by Crippen LogP contribution is 2.17. The van der Waals surface area contributed by atoms with Crippen LogP contribution in [0.25, 0.3) is 0 Å². The van der Waals surface area contributed by atoms with Gasteiger partial charge in [0.05, 0.1) is 18.8 Å². The highest BCUT2D eigenvalue weighted by atomic mass is 16.6. The number of hydrogen-bond donors (Lipinski definition) is 2. The molecule has 0 radical (unpaired) electrons. The number of rotatable bonds is 3. The van der Waals surface area contributed by atoms with E-state index in [1.807, 2.05) is 0 Å². The van der Waals surface area contributed by atoms with Gasteiger partial charge in [-0.15, -0.1) is 0 Å². The van der Waals surface area contributed by atoms with Crippen molar-refractivity contribution in [2.45, 2.75) is 31.7 Å². The monoisotopic (exact) mass is 132 g/mol. The van der Waals surface area contributed by atoms with Crippen molar-refractivity contribution < 1.29 is 14.9 Å². The largest absolute Gasteiger partial charge is 0.393 e. The summed E-state index contributed by atoms with van der Waals surface area (Å²) in [6, 6.07) is 0. The fourth-order valence-corrected chi connectivity index (χ4v) is 0.779. The van der Waals surface area contributed by atoms with Gasteiger partial charge in [0.1, 0.15) is 6.10 Å². The molecule has 0 aromatic heterocycles. The average molecular weight is 132 g/mol. The average Bonchev–Trinajstić information content (AvgIpc) is 2.40. The Kier molecular flexibility index (Phi) is 2.05. The van der Waals surface area contributed by atoms with E-state index in [2.05, 4.69) is 0 Å². The number of hydrogen-bond acceptors (Lipinski definition) is 3. The molecule has 1 saturated heterocycles. The zero-order chi connectivity index (χ0) is 6.85. The summed E-state index contributed by atoms with van der Waals surface area (Å²) < 4.78 is 4.81. The van der Waals surface area contributed by atoms with Crippen LogP contribution in [0.15, 0.2) is 0 Å². The van der Waals surface area contributed by atoms with E-state index in [9.17, 15) is 0 Å². The lowest BCUT2D eigenvalue weighted by atomic mass is 10.1. The van der Waals surface area contributed by atoms with Gasteiger partial charge in [-0.3, -0.25) is 0 Å². The Morgan fingerprint density at radius 1 is 1.67 bits per heavy atom. The Morgan fingerprint density at radius 2 is 2.22 bits per heavy atom. The van der Waals surface area contributed by atoms with Crippen LogP contribution in [-0.4, -0.2) is 35.1 Å².